The molecule has 7 nitrogen and oxygen atoms in total. The van der Waals surface area contributed by atoms with Crippen LogP contribution in [0, 0.1) is 0 Å². The monoisotopic (exact) mass is 379 g/mol. The van der Waals surface area contributed by atoms with Crippen LogP contribution in [0.3, 0.4) is 0 Å². The van der Waals surface area contributed by atoms with Crippen LogP contribution in [0.25, 0.3) is 33.9 Å². The molecule has 1 amide bonds. The number of rotatable bonds is 2. The van der Waals surface area contributed by atoms with E-state index in [1.807, 2.05) is 6.08 Å². The van der Waals surface area contributed by atoms with Crippen LogP contribution in [-0.2, 0) is 10.1 Å². The smallest absolute Gasteiger partial charge is 0.294 e. The third-order valence-corrected chi connectivity index (χ3v) is 5.82. The number of nitrogens with zero attached hydrogens (tertiary/aromatic N) is 2. The highest BCUT2D eigenvalue weighted by molar-refractivity contribution is 7.85. The predicted molar refractivity (Wildman–Crippen MR) is 98.8 cm³/mol. The SMILES string of the molecule is NC(=O)c1ccc2nc3c(nc2c1)C1=c2c-3cc(S(=O)(=O)O)cc2=CCC1. The Bertz CT molecular complexity index is 1430. The molecule has 2 aliphatic rings. The molecular formula is C19H13N3O4S. The Morgan fingerprint density at radius 2 is 1.85 bits per heavy atom. The average molecular weight is 379 g/mol. The molecular weight excluding hydrogens is 366 g/mol. The van der Waals surface area contributed by atoms with Gasteiger partial charge in [-0.3, -0.25) is 9.35 Å². The molecule has 1 aromatic heterocycles. The Morgan fingerprint density at radius 3 is 2.59 bits per heavy atom. The lowest BCUT2D eigenvalue weighted by Gasteiger charge is -2.08. The number of carbonyl (C=O) groups is 1. The number of carbonyl (C=O) groups excluding carboxylic acids is 1. The Kier molecular flexibility index (Phi) is 3.11. The molecule has 0 spiro atoms. The van der Waals surface area contributed by atoms with Crippen molar-refractivity contribution in [1.82, 2.24) is 9.97 Å². The van der Waals surface area contributed by atoms with Crippen molar-refractivity contribution in [1.29, 1.82) is 0 Å². The number of nitrogens with two attached hydrogens (primary N) is 1. The maximum atomic E-state index is 11.7. The molecule has 134 valence electrons. The first-order valence-electron chi connectivity index (χ1n) is 8.30. The van der Waals surface area contributed by atoms with Crippen molar-refractivity contribution in [3.63, 3.8) is 0 Å². The second-order valence-corrected chi connectivity index (χ2v) is 8.04. The summed E-state index contributed by atoms with van der Waals surface area (Å²) in [6.45, 7) is 0. The van der Waals surface area contributed by atoms with Crippen LogP contribution in [-0.4, -0.2) is 28.8 Å². The summed E-state index contributed by atoms with van der Waals surface area (Å²) in [6.07, 6.45) is 3.44. The van der Waals surface area contributed by atoms with E-state index in [1.165, 1.54) is 12.1 Å². The maximum absolute atomic E-state index is 11.7. The molecule has 0 saturated carbocycles. The van der Waals surface area contributed by atoms with Gasteiger partial charge in [-0.2, -0.15) is 8.42 Å². The molecule has 0 saturated heterocycles. The average Bonchev–Trinajstić information content (AvgIpc) is 2.93. The van der Waals surface area contributed by atoms with Crippen molar-refractivity contribution in [2.24, 2.45) is 5.73 Å². The largest absolute Gasteiger partial charge is 0.366 e. The Hall–Kier alpha value is -3.10. The molecule has 0 fully saturated rings. The van der Waals surface area contributed by atoms with Gasteiger partial charge in [-0.15, -0.1) is 0 Å². The van der Waals surface area contributed by atoms with Crippen LogP contribution in [0.1, 0.15) is 28.9 Å². The first-order valence-corrected chi connectivity index (χ1v) is 9.74. The third-order valence-electron chi connectivity index (χ3n) is 4.99. The number of benzene rings is 2. The van der Waals surface area contributed by atoms with Gasteiger partial charge in [0, 0.05) is 11.1 Å². The highest BCUT2D eigenvalue weighted by Gasteiger charge is 2.27. The van der Waals surface area contributed by atoms with Crippen LogP contribution in [0.4, 0.5) is 0 Å². The van der Waals surface area contributed by atoms with Gasteiger partial charge in [-0.05, 0) is 59.2 Å². The third kappa shape index (κ3) is 2.30. The first kappa shape index (κ1) is 16.1. The van der Waals surface area contributed by atoms with E-state index in [1.54, 1.807) is 18.2 Å². The molecule has 27 heavy (non-hydrogen) atoms. The van der Waals surface area contributed by atoms with Crippen LogP contribution >= 0.6 is 0 Å². The van der Waals surface area contributed by atoms with Crippen molar-refractivity contribution in [3.8, 4) is 11.3 Å². The number of primary amides is 1. The molecule has 0 radical (unpaired) electrons. The van der Waals surface area contributed by atoms with E-state index < -0.39 is 16.0 Å². The maximum Gasteiger partial charge on any atom is 0.294 e. The van der Waals surface area contributed by atoms with Crippen molar-refractivity contribution in [3.05, 3.63) is 52.0 Å². The second kappa shape index (κ2) is 5.21. The van der Waals surface area contributed by atoms with Gasteiger partial charge in [0.15, 0.2) is 0 Å². The zero-order chi connectivity index (χ0) is 18.9. The number of aromatic nitrogens is 2. The minimum absolute atomic E-state index is 0.160. The summed E-state index contributed by atoms with van der Waals surface area (Å²) >= 11 is 0. The Labute approximate surface area is 153 Å². The molecule has 0 bridgehead atoms. The van der Waals surface area contributed by atoms with E-state index in [9.17, 15) is 17.8 Å². The molecule has 3 aromatic rings. The summed E-state index contributed by atoms with van der Waals surface area (Å²) in [5.41, 5.74) is 9.74. The van der Waals surface area contributed by atoms with Crippen molar-refractivity contribution in [2.75, 3.05) is 0 Å². The molecule has 0 aliphatic heterocycles. The summed E-state index contributed by atoms with van der Waals surface area (Å²) in [5.74, 6) is -0.539. The van der Waals surface area contributed by atoms with Crippen molar-refractivity contribution < 1.29 is 17.8 Å². The fourth-order valence-corrected chi connectivity index (χ4v) is 4.35. The summed E-state index contributed by atoms with van der Waals surface area (Å²) < 4.78 is 32.9. The number of hydrogen-bond donors (Lipinski definition) is 2. The van der Waals surface area contributed by atoms with Crippen LogP contribution in [0.5, 0.6) is 0 Å². The fourth-order valence-electron chi connectivity index (χ4n) is 3.81. The fraction of sp³-hybridized carbons (Fsp3) is 0.105. The van der Waals surface area contributed by atoms with Gasteiger partial charge in [-0.25, -0.2) is 9.97 Å². The van der Waals surface area contributed by atoms with E-state index in [2.05, 4.69) is 4.98 Å². The molecule has 2 aliphatic carbocycles. The summed E-state index contributed by atoms with van der Waals surface area (Å²) in [4.78, 5) is 20.6. The first-order chi connectivity index (χ1) is 12.8. The standard InChI is InChI=1S/C19H13N3O4S/c20-19(23)10-4-5-14-15(7-10)22-17-12-3-1-2-9-6-11(27(24,25)26)8-13(16(9)12)18(17)21-14/h2,4-8H,1,3H2,(H2,20,23)(H,24,25,26). The summed E-state index contributed by atoms with van der Waals surface area (Å²) in [6, 6.07) is 7.77. The molecule has 5 rings (SSSR count). The lowest BCUT2D eigenvalue weighted by molar-refractivity contribution is 0.100. The Balaban J connectivity index is 1.88. The van der Waals surface area contributed by atoms with E-state index in [4.69, 9.17) is 10.7 Å². The minimum Gasteiger partial charge on any atom is -0.366 e. The van der Waals surface area contributed by atoms with Gasteiger partial charge in [-0.1, -0.05) is 6.08 Å². The predicted octanol–water partition coefficient (Wildman–Crippen LogP) is 0.729. The quantitative estimate of drug-likeness (QED) is 0.633. The zero-order valence-corrected chi connectivity index (χ0v) is 14.7. The highest BCUT2D eigenvalue weighted by atomic mass is 32.2. The molecule has 8 heteroatoms. The lowest BCUT2D eigenvalue weighted by atomic mass is 10.0. The normalized spacial score (nSPS) is 14.6. The van der Waals surface area contributed by atoms with Gasteiger partial charge in [0.1, 0.15) is 0 Å². The Morgan fingerprint density at radius 1 is 1.07 bits per heavy atom. The second-order valence-electron chi connectivity index (χ2n) is 6.62. The number of amides is 1. The highest BCUT2D eigenvalue weighted by Crippen LogP contribution is 2.34. The molecule has 0 unspecified atom stereocenters. The molecule has 1 heterocycles. The van der Waals surface area contributed by atoms with Gasteiger partial charge >= 0.3 is 0 Å². The van der Waals surface area contributed by atoms with Crippen LogP contribution in [0.15, 0.2) is 35.2 Å². The molecule has 0 atom stereocenters. The topological polar surface area (TPSA) is 123 Å². The van der Waals surface area contributed by atoms with Gasteiger partial charge in [0.2, 0.25) is 5.91 Å². The minimum atomic E-state index is -4.34. The van der Waals surface area contributed by atoms with Gasteiger partial charge < -0.3 is 5.73 Å². The number of hydrogen-bond acceptors (Lipinski definition) is 5. The van der Waals surface area contributed by atoms with Crippen molar-refractivity contribution >= 4 is 38.7 Å². The summed E-state index contributed by atoms with van der Waals surface area (Å²) in [7, 11) is -4.34. The van der Waals surface area contributed by atoms with E-state index >= 15 is 0 Å². The van der Waals surface area contributed by atoms with Crippen LogP contribution in [0.2, 0.25) is 0 Å². The molecule has 2 aromatic carbocycles. The van der Waals surface area contributed by atoms with Gasteiger partial charge in [0.05, 0.1) is 27.3 Å². The zero-order valence-electron chi connectivity index (χ0n) is 13.9. The lowest BCUT2D eigenvalue weighted by Crippen LogP contribution is -2.30. The van der Waals surface area contributed by atoms with E-state index in [0.29, 0.717) is 33.5 Å². The van der Waals surface area contributed by atoms with Crippen molar-refractivity contribution in [2.45, 2.75) is 17.7 Å². The summed E-state index contributed by atoms with van der Waals surface area (Å²) in [5, 5.41) is 1.66. The van der Waals surface area contributed by atoms with Gasteiger partial charge in [0.25, 0.3) is 10.1 Å². The van der Waals surface area contributed by atoms with E-state index in [0.717, 1.165) is 28.9 Å². The molecule has 3 N–H and O–H groups in total. The number of fused-ring (bicyclic) bond motifs is 4. The van der Waals surface area contributed by atoms with Crippen LogP contribution < -0.4 is 16.2 Å². The van der Waals surface area contributed by atoms with E-state index in [-0.39, 0.29) is 4.90 Å².